The second kappa shape index (κ2) is 6.95. The molecule has 1 N–H and O–H groups in total. The predicted molar refractivity (Wildman–Crippen MR) is 91.3 cm³/mol. The molecule has 1 heterocycles. The van der Waals surface area contributed by atoms with Crippen molar-refractivity contribution >= 4 is 5.97 Å². The van der Waals surface area contributed by atoms with Crippen LogP contribution in [0.15, 0.2) is 53.5 Å². The van der Waals surface area contributed by atoms with E-state index in [1.54, 1.807) is 25.3 Å². The average molecular weight is 358 g/mol. The van der Waals surface area contributed by atoms with Crippen molar-refractivity contribution in [3.8, 4) is 5.69 Å². The fourth-order valence-electron chi connectivity index (χ4n) is 2.71. The SMILES string of the molecule is Cc1c[nH]c(=O)n1-c1ccc(C(=O)O[C@@H](C)c2c(F)cccc2F)cc1. The molecule has 26 heavy (non-hydrogen) atoms. The van der Waals surface area contributed by atoms with Gasteiger partial charge in [0.15, 0.2) is 0 Å². The maximum absolute atomic E-state index is 13.8. The minimum Gasteiger partial charge on any atom is -0.454 e. The van der Waals surface area contributed by atoms with Gasteiger partial charge in [0, 0.05) is 11.9 Å². The number of esters is 1. The summed E-state index contributed by atoms with van der Waals surface area (Å²) in [7, 11) is 0. The quantitative estimate of drug-likeness (QED) is 0.724. The van der Waals surface area contributed by atoms with E-state index in [0.29, 0.717) is 11.4 Å². The zero-order chi connectivity index (χ0) is 18.8. The van der Waals surface area contributed by atoms with Gasteiger partial charge in [-0.05, 0) is 50.2 Å². The molecule has 0 spiro atoms. The number of halogens is 2. The van der Waals surface area contributed by atoms with Crippen molar-refractivity contribution < 1.29 is 18.3 Å². The van der Waals surface area contributed by atoms with Gasteiger partial charge in [0.25, 0.3) is 0 Å². The molecule has 0 bridgehead atoms. The number of benzene rings is 2. The summed E-state index contributed by atoms with van der Waals surface area (Å²) in [5.74, 6) is -2.27. The lowest BCUT2D eigenvalue weighted by Gasteiger charge is -2.15. The van der Waals surface area contributed by atoms with Gasteiger partial charge in [-0.2, -0.15) is 0 Å². The third kappa shape index (κ3) is 3.28. The van der Waals surface area contributed by atoms with Crippen LogP contribution in [-0.2, 0) is 4.74 Å². The van der Waals surface area contributed by atoms with Crippen molar-refractivity contribution in [3.63, 3.8) is 0 Å². The minimum atomic E-state index is -1.09. The molecule has 0 saturated carbocycles. The Morgan fingerprint density at radius 3 is 2.27 bits per heavy atom. The first kappa shape index (κ1) is 17.6. The highest BCUT2D eigenvalue weighted by Crippen LogP contribution is 2.24. The van der Waals surface area contributed by atoms with Crippen LogP contribution in [0.3, 0.4) is 0 Å². The Labute approximate surface area is 147 Å². The van der Waals surface area contributed by atoms with E-state index in [4.69, 9.17) is 4.74 Å². The van der Waals surface area contributed by atoms with Crippen molar-refractivity contribution in [2.24, 2.45) is 0 Å². The highest BCUT2D eigenvalue weighted by molar-refractivity contribution is 5.89. The van der Waals surface area contributed by atoms with Gasteiger partial charge in [-0.25, -0.2) is 18.4 Å². The van der Waals surface area contributed by atoms with Gasteiger partial charge < -0.3 is 9.72 Å². The van der Waals surface area contributed by atoms with E-state index in [0.717, 1.165) is 12.1 Å². The van der Waals surface area contributed by atoms with Gasteiger partial charge in [-0.3, -0.25) is 4.57 Å². The zero-order valence-corrected chi connectivity index (χ0v) is 14.1. The van der Waals surface area contributed by atoms with Crippen molar-refractivity contribution in [1.82, 2.24) is 9.55 Å². The molecule has 0 aliphatic carbocycles. The van der Waals surface area contributed by atoms with Crippen LogP contribution >= 0.6 is 0 Å². The summed E-state index contributed by atoms with van der Waals surface area (Å²) in [4.78, 5) is 26.6. The van der Waals surface area contributed by atoms with Gasteiger partial charge in [0.2, 0.25) is 0 Å². The molecular weight excluding hydrogens is 342 g/mol. The van der Waals surface area contributed by atoms with E-state index >= 15 is 0 Å². The first-order chi connectivity index (χ1) is 12.4. The Kier molecular flexibility index (Phi) is 4.71. The van der Waals surface area contributed by atoms with Gasteiger partial charge >= 0.3 is 11.7 Å². The first-order valence-corrected chi connectivity index (χ1v) is 7.91. The first-order valence-electron chi connectivity index (χ1n) is 7.91. The maximum Gasteiger partial charge on any atom is 0.338 e. The number of H-pyrrole nitrogens is 1. The Morgan fingerprint density at radius 2 is 1.73 bits per heavy atom. The Balaban J connectivity index is 1.80. The molecule has 2 aromatic carbocycles. The van der Waals surface area contributed by atoms with Crippen LogP contribution in [0.2, 0.25) is 0 Å². The number of hydrogen-bond donors (Lipinski definition) is 1. The fraction of sp³-hybridized carbons (Fsp3) is 0.158. The zero-order valence-electron chi connectivity index (χ0n) is 14.1. The molecule has 0 unspecified atom stereocenters. The fourth-order valence-corrected chi connectivity index (χ4v) is 2.71. The van der Waals surface area contributed by atoms with Crippen LogP contribution in [0.5, 0.6) is 0 Å². The van der Waals surface area contributed by atoms with Crippen LogP contribution in [0.4, 0.5) is 8.78 Å². The highest BCUT2D eigenvalue weighted by atomic mass is 19.1. The standard InChI is InChI=1S/C19H16F2N2O3/c1-11-10-22-19(25)23(11)14-8-6-13(7-9-14)18(24)26-12(2)17-15(20)4-3-5-16(17)21/h3-10,12H,1-2H3,(H,22,25)/t12-/m0/s1. The third-order valence-corrected chi connectivity index (χ3v) is 4.01. The van der Waals surface area contributed by atoms with Crippen molar-refractivity contribution in [1.29, 1.82) is 0 Å². The lowest BCUT2D eigenvalue weighted by molar-refractivity contribution is 0.0324. The minimum absolute atomic E-state index is 0.207. The van der Waals surface area contributed by atoms with E-state index in [1.165, 1.54) is 29.7 Å². The van der Waals surface area contributed by atoms with Crippen LogP contribution < -0.4 is 5.69 Å². The molecule has 0 aliphatic heterocycles. The highest BCUT2D eigenvalue weighted by Gasteiger charge is 2.20. The Hall–Kier alpha value is -3.22. The van der Waals surface area contributed by atoms with Crippen LogP contribution in [0.25, 0.3) is 5.69 Å². The maximum atomic E-state index is 13.8. The van der Waals surface area contributed by atoms with E-state index in [1.807, 2.05) is 0 Å². The third-order valence-electron chi connectivity index (χ3n) is 4.01. The summed E-state index contributed by atoms with van der Waals surface area (Å²) in [6.45, 7) is 3.17. The van der Waals surface area contributed by atoms with Gasteiger partial charge in [-0.15, -0.1) is 0 Å². The summed E-state index contributed by atoms with van der Waals surface area (Å²) in [5, 5.41) is 0. The normalized spacial score (nSPS) is 12.0. The van der Waals surface area contributed by atoms with Crippen molar-refractivity contribution in [3.05, 3.63) is 87.6 Å². The molecule has 0 amide bonds. The van der Waals surface area contributed by atoms with E-state index in [-0.39, 0.29) is 16.8 Å². The van der Waals surface area contributed by atoms with Crippen molar-refractivity contribution in [2.45, 2.75) is 20.0 Å². The predicted octanol–water partition coefficient (Wildman–Crippen LogP) is 3.67. The summed E-state index contributed by atoms with van der Waals surface area (Å²) >= 11 is 0. The number of nitrogens with zero attached hydrogens (tertiary/aromatic N) is 1. The van der Waals surface area contributed by atoms with E-state index < -0.39 is 23.7 Å². The van der Waals surface area contributed by atoms with Gasteiger partial charge in [0.1, 0.15) is 17.7 Å². The number of rotatable bonds is 4. The molecule has 3 aromatic rings. The number of aromatic nitrogens is 2. The molecule has 1 aromatic heterocycles. The molecule has 0 saturated heterocycles. The number of nitrogens with one attached hydrogen (secondary N) is 1. The van der Waals surface area contributed by atoms with E-state index in [2.05, 4.69) is 4.98 Å². The summed E-state index contributed by atoms with van der Waals surface area (Å²) in [6.07, 6.45) is 0.493. The Bertz CT molecular complexity index is 986. The van der Waals surface area contributed by atoms with Crippen molar-refractivity contribution in [2.75, 3.05) is 0 Å². The lowest BCUT2D eigenvalue weighted by atomic mass is 10.1. The van der Waals surface area contributed by atoms with E-state index in [9.17, 15) is 18.4 Å². The smallest absolute Gasteiger partial charge is 0.338 e. The largest absolute Gasteiger partial charge is 0.454 e. The molecule has 3 rings (SSSR count). The number of carbonyl (C=O) groups is 1. The molecule has 5 nitrogen and oxygen atoms in total. The second-order valence-electron chi connectivity index (χ2n) is 5.80. The molecular formula is C19H16F2N2O3. The number of ether oxygens (including phenoxy) is 1. The summed E-state index contributed by atoms with van der Waals surface area (Å²) < 4.78 is 34.2. The molecule has 0 fully saturated rings. The summed E-state index contributed by atoms with van der Waals surface area (Å²) in [5.41, 5.74) is 0.916. The summed E-state index contributed by atoms with van der Waals surface area (Å²) in [6, 6.07) is 9.61. The number of aryl methyl sites for hydroxylation is 1. The second-order valence-corrected chi connectivity index (χ2v) is 5.80. The lowest BCUT2D eigenvalue weighted by Crippen LogP contribution is -2.16. The molecule has 1 atom stereocenters. The molecule has 0 aliphatic rings. The number of aromatic amines is 1. The Morgan fingerprint density at radius 1 is 1.12 bits per heavy atom. The molecule has 7 heteroatoms. The van der Waals surface area contributed by atoms with Gasteiger partial charge in [0.05, 0.1) is 16.8 Å². The molecule has 134 valence electrons. The number of imidazole rings is 1. The number of hydrogen-bond acceptors (Lipinski definition) is 3. The molecule has 0 radical (unpaired) electrons. The van der Waals surface area contributed by atoms with Crippen LogP contribution in [0.1, 0.15) is 34.6 Å². The van der Waals surface area contributed by atoms with Crippen LogP contribution in [-0.4, -0.2) is 15.5 Å². The monoisotopic (exact) mass is 358 g/mol. The number of carbonyl (C=O) groups excluding carboxylic acids is 1. The topological polar surface area (TPSA) is 64.1 Å². The van der Waals surface area contributed by atoms with Gasteiger partial charge in [-0.1, -0.05) is 6.07 Å². The van der Waals surface area contributed by atoms with Crippen LogP contribution in [0, 0.1) is 18.6 Å². The average Bonchev–Trinajstić information content (AvgIpc) is 2.93.